The van der Waals surface area contributed by atoms with E-state index in [-0.39, 0.29) is 12.1 Å². The predicted molar refractivity (Wildman–Crippen MR) is 68.8 cm³/mol. The highest BCUT2D eigenvalue weighted by molar-refractivity contribution is 5.67. The Balaban J connectivity index is 3.09. The fourth-order valence-electron chi connectivity index (χ4n) is 2.01. The zero-order valence-electron chi connectivity index (χ0n) is 11.2. The van der Waals surface area contributed by atoms with Crippen LogP contribution in [0.25, 0.3) is 0 Å². The Hall–Kier alpha value is -1.65. The van der Waals surface area contributed by atoms with E-state index in [2.05, 4.69) is 11.9 Å². The summed E-state index contributed by atoms with van der Waals surface area (Å²) in [5.41, 5.74) is 2.14. The quantitative estimate of drug-likeness (QED) is 0.836. The largest absolute Gasteiger partial charge is 0.481 e. The van der Waals surface area contributed by atoms with E-state index in [4.69, 9.17) is 5.11 Å². The Bertz CT molecular complexity index is 492. The number of hydrogen-bond donors (Lipinski definition) is 1. The van der Waals surface area contributed by atoms with E-state index < -0.39 is 5.97 Å². The van der Waals surface area contributed by atoms with Crippen LogP contribution in [-0.2, 0) is 17.8 Å². The zero-order valence-corrected chi connectivity index (χ0v) is 11.2. The molecule has 5 heteroatoms. The minimum atomic E-state index is -0.833. The molecule has 1 aromatic heterocycles. The highest BCUT2D eigenvalue weighted by Gasteiger charge is 2.12. The zero-order chi connectivity index (χ0) is 13.7. The Labute approximate surface area is 106 Å². The first-order chi connectivity index (χ1) is 8.47. The van der Waals surface area contributed by atoms with Gasteiger partial charge in [-0.3, -0.25) is 9.36 Å². The Morgan fingerprint density at radius 3 is 2.61 bits per heavy atom. The summed E-state index contributed by atoms with van der Waals surface area (Å²) in [4.78, 5) is 26.4. The molecule has 0 aliphatic rings. The summed E-state index contributed by atoms with van der Waals surface area (Å²) in [6.07, 6.45) is 2.41. The van der Waals surface area contributed by atoms with Crippen molar-refractivity contribution in [2.75, 3.05) is 0 Å². The van der Waals surface area contributed by atoms with Crippen LogP contribution in [0.5, 0.6) is 0 Å². The number of aryl methyl sites for hydroxylation is 1. The Morgan fingerprint density at radius 2 is 2.06 bits per heavy atom. The van der Waals surface area contributed by atoms with E-state index in [1.807, 2.05) is 6.92 Å². The number of carboxylic acid groups (broad SMARTS) is 1. The number of rotatable bonds is 6. The first-order valence-electron chi connectivity index (χ1n) is 6.26. The van der Waals surface area contributed by atoms with Crippen LogP contribution in [0, 0.1) is 13.8 Å². The van der Waals surface area contributed by atoms with Gasteiger partial charge in [0.05, 0.1) is 0 Å². The van der Waals surface area contributed by atoms with Crippen LogP contribution in [0.3, 0.4) is 0 Å². The average molecular weight is 252 g/mol. The molecule has 0 unspecified atom stereocenters. The number of nitrogens with zero attached hydrogens (tertiary/aromatic N) is 2. The molecule has 0 spiro atoms. The third-order valence-corrected chi connectivity index (χ3v) is 3.10. The van der Waals surface area contributed by atoms with Gasteiger partial charge in [-0.05, 0) is 32.3 Å². The van der Waals surface area contributed by atoms with E-state index in [0.29, 0.717) is 18.7 Å². The molecular weight excluding hydrogens is 232 g/mol. The van der Waals surface area contributed by atoms with Gasteiger partial charge in [0.1, 0.15) is 0 Å². The van der Waals surface area contributed by atoms with Crippen molar-refractivity contribution < 1.29 is 9.90 Å². The van der Waals surface area contributed by atoms with Crippen molar-refractivity contribution in [2.24, 2.45) is 0 Å². The first kappa shape index (κ1) is 14.4. The van der Waals surface area contributed by atoms with Gasteiger partial charge in [0.15, 0.2) is 0 Å². The predicted octanol–water partition coefficient (Wildman–Crippen LogP) is 1.68. The van der Waals surface area contributed by atoms with Crippen LogP contribution >= 0.6 is 0 Å². The molecule has 0 amide bonds. The number of unbranched alkanes of at least 4 members (excludes halogenated alkanes) is 1. The van der Waals surface area contributed by atoms with Gasteiger partial charge in [-0.25, -0.2) is 4.79 Å². The molecule has 0 aromatic carbocycles. The lowest BCUT2D eigenvalue weighted by molar-refractivity contribution is -0.136. The van der Waals surface area contributed by atoms with Gasteiger partial charge in [-0.1, -0.05) is 13.3 Å². The van der Waals surface area contributed by atoms with Crippen LogP contribution in [0.4, 0.5) is 0 Å². The molecule has 1 aromatic rings. The monoisotopic (exact) mass is 252 g/mol. The van der Waals surface area contributed by atoms with Crippen LogP contribution in [0.2, 0.25) is 0 Å². The Morgan fingerprint density at radius 1 is 1.39 bits per heavy atom. The van der Waals surface area contributed by atoms with Gasteiger partial charge < -0.3 is 5.11 Å². The molecule has 5 nitrogen and oxygen atoms in total. The molecule has 1 N–H and O–H groups in total. The lowest BCUT2D eigenvalue weighted by Crippen LogP contribution is -2.28. The van der Waals surface area contributed by atoms with Gasteiger partial charge >= 0.3 is 11.7 Å². The van der Waals surface area contributed by atoms with Gasteiger partial charge in [0.25, 0.3) is 0 Å². The summed E-state index contributed by atoms with van der Waals surface area (Å²) in [5, 5.41) is 8.73. The van der Waals surface area contributed by atoms with Gasteiger partial charge in [0, 0.05) is 24.4 Å². The topological polar surface area (TPSA) is 72.2 Å². The van der Waals surface area contributed by atoms with Gasteiger partial charge in [-0.2, -0.15) is 4.98 Å². The van der Waals surface area contributed by atoms with E-state index in [1.54, 1.807) is 11.5 Å². The van der Waals surface area contributed by atoms with Gasteiger partial charge in [0.2, 0.25) is 0 Å². The van der Waals surface area contributed by atoms with Gasteiger partial charge in [-0.15, -0.1) is 0 Å². The molecule has 0 aliphatic heterocycles. The van der Waals surface area contributed by atoms with Crippen molar-refractivity contribution in [3.05, 3.63) is 27.4 Å². The van der Waals surface area contributed by atoms with Crippen LogP contribution in [0.15, 0.2) is 4.79 Å². The molecule has 0 saturated carbocycles. The molecule has 0 aliphatic carbocycles. The van der Waals surface area contributed by atoms with E-state index in [1.165, 1.54) is 0 Å². The van der Waals surface area contributed by atoms with Crippen molar-refractivity contribution in [3.8, 4) is 0 Å². The van der Waals surface area contributed by atoms with E-state index >= 15 is 0 Å². The van der Waals surface area contributed by atoms with E-state index in [9.17, 15) is 9.59 Å². The van der Waals surface area contributed by atoms with Crippen LogP contribution in [0.1, 0.15) is 43.1 Å². The van der Waals surface area contributed by atoms with Crippen molar-refractivity contribution in [2.45, 2.75) is 53.0 Å². The SMILES string of the molecule is CCCCn1c(C)c(CCC(=O)O)c(C)nc1=O. The fraction of sp³-hybridized carbons (Fsp3) is 0.615. The fourth-order valence-corrected chi connectivity index (χ4v) is 2.01. The maximum absolute atomic E-state index is 11.8. The molecule has 0 bridgehead atoms. The lowest BCUT2D eigenvalue weighted by Gasteiger charge is -2.14. The first-order valence-corrected chi connectivity index (χ1v) is 6.26. The van der Waals surface area contributed by atoms with Crippen LogP contribution < -0.4 is 5.69 Å². The molecule has 0 radical (unpaired) electrons. The number of carbonyl (C=O) groups is 1. The second-order valence-corrected chi connectivity index (χ2v) is 4.44. The average Bonchev–Trinajstić information content (AvgIpc) is 2.27. The minimum Gasteiger partial charge on any atom is -0.481 e. The van der Waals surface area contributed by atoms with Crippen molar-refractivity contribution >= 4 is 5.97 Å². The minimum absolute atomic E-state index is 0.0648. The smallest absolute Gasteiger partial charge is 0.347 e. The number of aromatic nitrogens is 2. The molecule has 1 heterocycles. The lowest BCUT2D eigenvalue weighted by atomic mass is 10.1. The number of carboxylic acids is 1. The number of aliphatic carboxylic acids is 1. The maximum atomic E-state index is 11.8. The summed E-state index contributed by atoms with van der Waals surface area (Å²) in [6.45, 7) is 6.33. The summed E-state index contributed by atoms with van der Waals surface area (Å²) in [5.74, 6) is -0.833. The highest BCUT2D eigenvalue weighted by atomic mass is 16.4. The Kier molecular flexibility index (Phi) is 5.07. The molecule has 100 valence electrons. The molecule has 18 heavy (non-hydrogen) atoms. The third-order valence-electron chi connectivity index (χ3n) is 3.10. The standard InChI is InChI=1S/C13H20N2O3/c1-4-5-8-15-10(3)11(6-7-12(16)17)9(2)14-13(15)18/h4-8H2,1-3H3,(H,16,17). The van der Waals surface area contributed by atoms with E-state index in [0.717, 1.165) is 24.1 Å². The number of hydrogen-bond acceptors (Lipinski definition) is 3. The maximum Gasteiger partial charge on any atom is 0.347 e. The summed E-state index contributed by atoms with van der Waals surface area (Å²) in [6, 6.07) is 0. The van der Waals surface area contributed by atoms with Crippen molar-refractivity contribution in [1.82, 2.24) is 9.55 Å². The van der Waals surface area contributed by atoms with Crippen molar-refractivity contribution in [3.63, 3.8) is 0 Å². The second-order valence-electron chi connectivity index (χ2n) is 4.44. The normalized spacial score (nSPS) is 10.6. The third kappa shape index (κ3) is 3.42. The molecule has 0 atom stereocenters. The molecule has 0 saturated heterocycles. The highest BCUT2D eigenvalue weighted by Crippen LogP contribution is 2.12. The summed E-state index contributed by atoms with van der Waals surface area (Å²) in [7, 11) is 0. The van der Waals surface area contributed by atoms with Crippen LogP contribution in [-0.4, -0.2) is 20.6 Å². The summed E-state index contributed by atoms with van der Waals surface area (Å²) < 4.78 is 1.65. The van der Waals surface area contributed by atoms with Crippen molar-refractivity contribution in [1.29, 1.82) is 0 Å². The summed E-state index contributed by atoms with van der Waals surface area (Å²) >= 11 is 0. The second kappa shape index (κ2) is 6.33. The molecule has 0 fully saturated rings. The molecule has 1 rings (SSSR count). The molecular formula is C13H20N2O3.